The fraction of sp³-hybridized carbons (Fsp3) is 0.0833. The van der Waals surface area contributed by atoms with E-state index in [1.807, 2.05) is 24.3 Å². The van der Waals surface area contributed by atoms with Gasteiger partial charge in [-0.3, -0.25) is 4.79 Å². The zero-order chi connectivity index (χ0) is 10.8. The van der Waals surface area contributed by atoms with Gasteiger partial charge in [-0.2, -0.15) is 0 Å². The fourth-order valence-corrected chi connectivity index (χ4v) is 1.62. The molecule has 2 rings (SSSR count). The summed E-state index contributed by atoms with van der Waals surface area (Å²) in [5, 5.41) is 10.5. The van der Waals surface area contributed by atoms with Crippen molar-refractivity contribution in [1.82, 2.24) is 0 Å². The van der Waals surface area contributed by atoms with Crippen molar-refractivity contribution in [3.05, 3.63) is 42.0 Å². The first kappa shape index (κ1) is 9.68. The normalized spacial score (nSPS) is 10.3. The van der Waals surface area contributed by atoms with Gasteiger partial charge in [0.2, 0.25) is 0 Å². The summed E-state index contributed by atoms with van der Waals surface area (Å²) in [6.45, 7) is 1.44. The van der Waals surface area contributed by atoms with Gasteiger partial charge in [-0.05, 0) is 18.4 Å². The van der Waals surface area contributed by atoms with E-state index in [-0.39, 0.29) is 11.5 Å². The molecule has 0 saturated carbocycles. The lowest BCUT2D eigenvalue weighted by molar-refractivity contribution is -0.136. The maximum atomic E-state index is 11.3. The van der Waals surface area contributed by atoms with Gasteiger partial charge in [-0.1, -0.05) is 30.3 Å². The zero-order valence-corrected chi connectivity index (χ0v) is 8.23. The Morgan fingerprint density at radius 1 is 1.20 bits per heavy atom. The van der Waals surface area contributed by atoms with Gasteiger partial charge in [-0.15, -0.1) is 0 Å². The molecule has 0 amide bonds. The molecule has 0 saturated heterocycles. The van der Waals surface area contributed by atoms with Crippen LogP contribution in [0.25, 0.3) is 10.8 Å². The summed E-state index contributed by atoms with van der Waals surface area (Å²) in [7, 11) is 0. The van der Waals surface area contributed by atoms with Crippen LogP contribution in [0.4, 0.5) is 0 Å². The van der Waals surface area contributed by atoms with Crippen LogP contribution in [0.2, 0.25) is 0 Å². The van der Waals surface area contributed by atoms with E-state index in [4.69, 9.17) is 5.26 Å². The van der Waals surface area contributed by atoms with Gasteiger partial charge in [0, 0.05) is 5.39 Å². The number of carbonyl (C=O) groups is 1. The lowest BCUT2D eigenvalue weighted by Gasteiger charge is -2.06. The Labute approximate surface area is 86.8 Å². The molecule has 76 valence electrons. The summed E-state index contributed by atoms with van der Waals surface area (Å²) in [4.78, 5) is 15.6. The number of hydrogen-bond donors (Lipinski definition) is 1. The highest BCUT2D eigenvalue weighted by Crippen LogP contribution is 2.29. The van der Waals surface area contributed by atoms with Crippen molar-refractivity contribution in [2.45, 2.75) is 6.92 Å². The average Bonchev–Trinajstić information content (AvgIpc) is 2.27. The molecule has 3 nitrogen and oxygen atoms in total. The second kappa shape index (κ2) is 3.71. The van der Waals surface area contributed by atoms with Gasteiger partial charge < -0.3 is 4.89 Å². The van der Waals surface area contributed by atoms with Gasteiger partial charge >= 0.3 is 0 Å². The minimum absolute atomic E-state index is 0.134. The first-order chi connectivity index (χ1) is 7.24. The molecule has 0 aliphatic rings. The lowest BCUT2D eigenvalue weighted by atomic mass is 10.0. The molecule has 2 aromatic rings. The second-order valence-corrected chi connectivity index (χ2v) is 3.31. The number of carbonyl (C=O) groups excluding carboxylic acids is 1. The third-order valence-electron chi connectivity index (χ3n) is 2.35. The molecule has 1 N–H and O–H groups in total. The van der Waals surface area contributed by atoms with Gasteiger partial charge in [0.25, 0.3) is 0 Å². The predicted octanol–water partition coefficient (Wildman–Crippen LogP) is 2.89. The number of fused-ring (bicyclic) bond motifs is 1. The van der Waals surface area contributed by atoms with Crippen molar-refractivity contribution in [2.75, 3.05) is 0 Å². The minimum atomic E-state index is -0.134. The molecular weight excluding hydrogens is 192 g/mol. The Balaban J connectivity index is 2.81. The molecule has 0 atom stereocenters. The van der Waals surface area contributed by atoms with E-state index >= 15 is 0 Å². The molecule has 3 heteroatoms. The van der Waals surface area contributed by atoms with Crippen LogP contribution in [0, 0.1) is 0 Å². The molecule has 0 aliphatic heterocycles. The van der Waals surface area contributed by atoms with E-state index < -0.39 is 0 Å². The van der Waals surface area contributed by atoms with Gasteiger partial charge in [0.05, 0.1) is 5.56 Å². The molecule has 15 heavy (non-hydrogen) atoms. The highest BCUT2D eigenvalue weighted by Gasteiger charge is 2.12. The lowest BCUT2D eigenvalue weighted by Crippen LogP contribution is -1.98. The zero-order valence-electron chi connectivity index (χ0n) is 8.23. The second-order valence-electron chi connectivity index (χ2n) is 3.31. The summed E-state index contributed by atoms with van der Waals surface area (Å²) in [5.74, 6) is 0.0883. The third-order valence-corrected chi connectivity index (χ3v) is 2.35. The largest absolute Gasteiger partial charge is 0.339 e. The third kappa shape index (κ3) is 1.57. The van der Waals surface area contributed by atoms with E-state index in [0.717, 1.165) is 10.8 Å². The van der Waals surface area contributed by atoms with E-state index in [9.17, 15) is 4.79 Å². The van der Waals surface area contributed by atoms with Crippen molar-refractivity contribution >= 4 is 16.6 Å². The van der Waals surface area contributed by atoms with Crippen molar-refractivity contribution in [3.8, 4) is 5.75 Å². The molecule has 0 radical (unpaired) electrons. The highest BCUT2D eigenvalue weighted by atomic mass is 17.1. The Hall–Kier alpha value is -1.87. The van der Waals surface area contributed by atoms with E-state index in [2.05, 4.69) is 4.89 Å². The quantitative estimate of drug-likeness (QED) is 0.462. The monoisotopic (exact) mass is 202 g/mol. The highest BCUT2D eigenvalue weighted by molar-refractivity contribution is 6.03. The van der Waals surface area contributed by atoms with E-state index in [0.29, 0.717) is 5.56 Å². The van der Waals surface area contributed by atoms with Crippen LogP contribution in [-0.4, -0.2) is 11.0 Å². The molecule has 0 fully saturated rings. The first-order valence-electron chi connectivity index (χ1n) is 4.58. The molecule has 0 aliphatic carbocycles. The minimum Gasteiger partial charge on any atom is -0.339 e. The molecule has 0 aromatic heterocycles. The summed E-state index contributed by atoms with van der Waals surface area (Å²) >= 11 is 0. The molecular formula is C12H10O3. The molecule has 0 heterocycles. The molecule has 0 unspecified atom stereocenters. The van der Waals surface area contributed by atoms with Gasteiger partial charge in [-0.25, -0.2) is 5.26 Å². The standard InChI is InChI=1S/C12H10O3/c1-8(13)10-7-6-9-4-2-3-5-11(9)12(10)15-14/h2-7,14H,1H3. The Bertz CT molecular complexity index is 517. The fourth-order valence-electron chi connectivity index (χ4n) is 1.62. The molecule has 0 spiro atoms. The van der Waals surface area contributed by atoms with Gasteiger partial charge in [0.1, 0.15) is 0 Å². The smallest absolute Gasteiger partial charge is 0.183 e. The maximum absolute atomic E-state index is 11.3. The summed E-state index contributed by atoms with van der Waals surface area (Å²) in [6, 6.07) is 10.9. The number of rotatable bonds is 2. The topological polar surface area (TPSA) is 46.5 Å². The molecule has 0 bridgehead atoms. The van der Waals surface area contributed by atoms with Crippen LogP contribution in [0.3, 0.4) is 0 Å². The van der Waals surface area contributed by atoms with Crippen LogP contribution in [-0.2, 0) is 0 Å². The number of benzene rings is 2. The molecule has 2 aromatic carbocycles. The average molecular weight is 202 g/mol. The van der Waals surface area contributed by atoms with Crippen molar-refractivity contribution in [1.29, 1.82) is 0 Å². The maximum Gasteiger partial charge on any atom is 0.183 e. The Kier molecular flexibility index (Phi) is 2.39. The van der Waals surface area contributed by atoms with Crippen molar-refractivity contribution < 1.29 is 14.9 Å². The van der Waals surface area contributed by atoms with Crippen LogP contribution in [0.1, 0.15) is 17.3 Å². The SMILES string of the molecule is CC(=O)c1ccc2ccccc2c1OO. The van der Waals surface area contributed by atoms with E-state index in [1.54, 1.807) is 12.1 Å². The van der Waals surface area contributed by atoms with Gasteiger partial charge in [0.15, 0.2) is 11.5 Å². The summed E-state index contributed by atoms with van der Waals surface area (Å²) in [6.07, 6.45) is 0. The number of hydrogen-bond acceptors (Lipinski definition) is 3. The van der Waals surface area contributed by atoms with Crippen molar-refractivity contribution in [3.63, 3.8) is 0 Å². The van der Waals surface area contributed by atoms with Crippen LogP contribution >= 0.6 is 0 Å². The predicted molar refractivity (Wildman–Crippen MR) is 57.2 cm³/mol. The van der Waals surface area contributed by atoms with Crippen molar-refractivity contribution in [2.24, 2.45) is 0 Å². The summed E-state index contributed by atoms with van der Waals surface area (Å²) in [5.41, 5.74) is 0.385. The van der Waals surface area contributed by atoms with Crippen LogP contribution in [0.5, 0.6) is 5.75 Å². The number of Topliss-reactive ketones (excluding diaryl/α,β-unsaturated/α-hetero) is 1. The Morgan fingerprint density at radius 3 is 2.60 bits per heavy atom. The van der Waals surface area contributed by atoms with Crippen LogP contribution in [0.15, 0.2) is 36.4 Å². The Morgan fingerprint density at radius 2 is 1.93 bits per heavy atom. The first-order valence-corrected chi connectivity index (χ1v) is 4.58. The number of ketones is 1. The summed E-state index contributed by atoms with van der Waals surface area (Å²) < 4.78 is 0. The van der Waals surface area contributed by atoms with E-state index in [1.165, 1.54) is 6.92 Å². The van der Waals surface area contributed by atoms with Crippen LogP contribution < -0.4 is 4.89 Å².